The van der Waals surface area contributed by atoms with Gasteiger partial charge in [-0.15, -0.1) is 0 Å². The van der Waals surface area contributed by atoms with E-state index >= 15 is 0 Å². The Labute approximate surface area is 187 Å². The molecule has 0 heterocycles. The summed E-state index contributed by atoms with van der Waals surface area (Å²) in [7, 11) is 0. The number of hydrogen-bond acceptors (Lipinski definition) is 3. The van der Waals surface area contributed by atoms with Crippen LogP contribution in [-0.2, 0) is 13.0 Å². The molecule has 0 aromatic heterocycles. The molecule has 31 heavy (non-hydrogen) atoms. The summed E-state index contributed by atoms with van der Waals surface area (Å²) in [5.41, 5.74) is 14.2. The number of benzene rings is 2. The third-order valence-corrected chi connectivity index (χ3v) is 5.47. The van der Waals surface area contributed by atoms with Crippen LogP contribution < -0.4 is 16.2 Å². The van der Waals surface area contributed by atoms with Gasteiger partial charge < -0.3 is 21.1 Å². The average molecular weight is 426 g/mol. The minimum absolute atomic E-state index is 0.0562. The minimum Gasteiger partial charge on any atom is -0.489 e. The summed E-state index contributed by atoms with van der Waals surface area (Å²) >= 11 is 0. The number of urea groups is 1. The molecule has 0 fully saturated rings. The monoisotopic (exact) mass is 425 g/mol. The zero-order chi connectivity index (χ0) is 23.0. The summed E-state index contributed by atoms with van der Waals surface area (Å²) in [6.07, 6.45) is 1.56. The molecule has 0 saturated carbocycles. The van der Waals surface area contributed by atoms with Gasteiger partial charge in [-0.2, -0.15) is 0 Å². The maximum absolute atomic E-state index is 12.3. The van der Waals surface area contributed by atoms with E-state index in [1.54, 1.807) is 4.90 Å². The maximum Gasteiger partial charge on any atom is 0.315 e. The van der Waals surface area contributed by atoms with Gasteiger partial charge in [0.05, 0.1) is 0 Å². The minimum atomic E-state index is -0.415. The van der Waals surface area contributed by atoms with Gasteiger partial charge in [-0.05, 0) is 47.4 Å². The Balaban J connectivity index is 2.09. The molecule has 5 heteroatoms. The maximum atomic E-state index is 12.3. The van der Waals surface area contributed by atoms with Gasteiger partial charge >= 0.3 is 6.03 Å². The molecule has 2 aromatic rings. The lowest BCUT2D eigenvalue weighted by Crippen LogP contribution is -2.54. The number of nitrogens with zero attached hydrogens (tertiary/aromatic N) is 1. The number of amides is 2. The van der Waals surface area contributed by atoms with Crippen LogP contribution in [-0.4, -0.2) is 29.6 Å². The number of carbonyl (C=O) groups is 1. The number of ether oxygens (including phenoxy) is 1. The highest BCUT2D eigenvalue weighted by Gasteiger charge is 2.33. The van der Waals surface area contributed by atoms with Crippen molar-refractivity contribution in [3.05, 3.63) is 65.7 Å². The SMILES string of the molecule is CC(C)CC(N)CN(C(N)=O)C(Cc1ccc(OCc2ccccc2)cc1)C(C)(C)C. The normalized spacial score (nSPS) is 13.6. The Morgan fingerprint density at radius 1 is 1.00 bits per heavy atom. The lowest BCUT2D eigenvalue weighted by atomic mass is 9.81. The number of hydrogen-bond donors (Lipinski definition) is 2. The first-order chi connectivity index (χ1) is 14.6. The van der Waals surface area contributed by atoms with Gasteiger partial charge in [0.1, 0.15) is 12.4 Å². The molecule has 2 amide bonds. The van der Waals surface area contributed by atoms with E-state index in [0.29, 0.717) is 25.5 Å². The van der Waals surface area contributed by atoms with Crippen molar-refractivity contribution in [2.75, 3.05) is 6.54 Å². The Hall–Kier alpha value is -2.53. The molecule has 0 radical (unpaired) electrons. The first-order valence-electron chi connectivity index (χ1n) is 11.1. The number of rotatable bonds is 10. The fourth-order valence-electron chi connectivity index (χ4n) is 3.87. The zero-order valence-electron chi connectivity index (χ0n) is 19.7. The quantitative estimate of drug-likeness (QED) is 0.563. The van der Waals surface area contributed by atoms with Crippen molar-refractivity contribution in [2.45, 2.75) is 66.2 Å². The number of carbonyl (C=O) groups excluding carboxylic acids is 1. The number of primary amides is 1. The lowest BCUT2D eigenvalue weighted by Gasteiger charge is -2.41. The fourth-order valence-corrected chi connectivity index (χ4v) is 3.87. The largest absolute Gasteiger partial charge is 0.489 e. The summed E-state index contributed by atoms with van der Waals surface area (Å²) in [5, 5.41) is 0. The highest BCUT2D eigenvalue weighted by Crippen LogP contribution is 2.29. The van der Waals surface area contributed by atoms with Crippen LogP contribution in [0.1, 0.15) is 52.2 Å². The van der Waals surface area contributed by atoms with Crippen molar-refractivity contribution in [2.24, 2.45) is 22.8 Å². The average Bonchev–Trinajstić information content (AvgIpc) is 2.69. The van der Waals surface area contributed by atoms with E-state index in [9.17, 15) is 4.79 Å². The summed E-state index contributed by atoms with van der Waals surface area (Å²) < 4.78 is 5.89. The Kier molecular flexibility index (Phi) is 8.93. The van der Waals surface area contributed by atoms with Crippen LogP contribution in [0, 0.1) is 11.3 Å². The molecular weight excluding hydrogens is 386 g/mol. The first-order valence-corrected chi connectivity index (χ1v) is 11.1. The molecule has 0 aliphatic carbocycles. The standard InChI is InChI=1S/C26H39N3O2/c1-19(2)15-22(27)17-29(25(28)30)24(26(3,4)5)16-20-11-13-23(14-12-20)31-18-21-9-7-6-8-10-21/h6-14,19,22,24H,15-18,27H2,1-5H3,(H2,28,30). The topological polar surface area (TPSA) is 81.6 Å². The highest BCUT2D eigenvalue weighted by atomic mass is 16.5. The van der Waals surface area contributed by atoms with E-state index in [1.165, 1.54) is 0 Å². The van der Waals surface area contributed by atoms with E-state index in [2.05, 4.69) is 46.8 Å². The molecule has 0 aliphatic rings. The van der Waals surface area contributed by atoms with Crippen LogP contribution in [0.3, 0.4) is 0 Å². The van der Waals surface area contributed by atoms with Gasteiger partial charge in [0.2, 0.25) is 0 Å². The van der Waals surface area contributed by atoms with Gasteiger partial charge in [-0.25, -0.2) is 4.79 Å². The molecule has 0 saturated heterocycles. The van der Waals surface area contributed by atoms with E-state index in [0.717, 1.165) is 23.3 Å². The molecule has 2 rings (SSSR count). The van der Waals surface area contributed by atoms with Crippen LogP contribution in [0.2, 0.25) is 0 Å². The summed E-state index contributed by atoms with van der Waals surface area (Å²) in [6, 6.07) is 17.6. The molecule has 0 aliphatic heterocycles. The van der Waals surface area contributed by atoms with Crippen molar-refractivity contribution in [1.29, 1.82) is 0 Å². The highest BCUT2D eigenvalue weighted by molar-refractivity contribution is 5.72. The lowest BCUT2D eigenvalue weighted by molar-refractivity contribution is 0.115. The second-order valence-electron chi connectivity index (χ2n) is 9.88. The molecule has 170 valence electrons. The molecule has 0 bridgehead atoms. The smallest absolute Gasteiger partial charge is 0.315 e. The summed E-state index contributed by atoms with van der Waals surface area (Å²) in [5.74, 6) is 1.30. The van der Waals surface area contributed by atoms with Crippen LogP contribution in [0.4, 0.5) is 4.79 Å². The van der Waals surface area contributed by atoms with Crippen LogP contribution in [0.25, 0.3) is 0 Å². The molecular formula is C26H39N3O2. The van der Waals surface area contributed by atoms with Gasteiger partial charge in [-0.3, -0.25) is 0 Å². The second kappa shape index (κ2) is 11.2. The van der Waals surface area contributed by atoms with E-state index < -0.39 is 6.03 Å². The van der Waals surface area contributed by atoms with Gasteiger partial charge in [0, 0.05) is 18.6 Å². The summed E-state index contributed by atoms with van der Waals surface area (Å²) in [6.45, 7) is 11.7. The predicted octanol–water partition coefficient (Wildman–Crippen LogP) is 4.98. The van der Waals surface area contributed by atoms with E-state index in [1.807, 2.05) is 42.5 Å². The zero-order valence-corrected chi connectivity index (χ0v) is 19.7. The van der Waals surface area contributed by atoms with E-state index in [-0.39, 0.29) is 17.5 Å². The summed E-state index contributed by atoms with van der Waals surface area (Å²) in [4.78, 5) is 14.1. The molecule has 4 N–H and O–H groups in total. The van der Waals surface area contributed by atoms with Gasteiger partial charge in [0.15, 0.2) is 0 Å². The number of nitrogens with two attached hydrogens (primary N) is 2. The molecule has 2 aromatic carbocycles. The first kappa shape index (κ1) is 24.7. The van der Waals surface area contributed by atoms with Crippen LogP contribution in [0.5, 0.6) is 5.75 Å². The predicted molar refractivity (Wildman–Crippen MR) is 128 cm³/mol. The third kappa shape index (κ3) is 8.25. The van der Waals surface area contributed by atoms with Crippen molar-refractivity contribution < 1.29 is 9.53 Å². The Morgan fingerprint density at radius 3 is 2.13 bits per heavy atom. The fraction of sp³-hybridized carbons (Fsp3) is 0.500. The Bertz CT molecular complexity index is 798. The van der Waals surface area contributed by atoms with Gasteiger partial charge in [0.25, 0.3) is 0 Å². The third-order valence-electron chi connectivity index (χ3n) is 5.47. The van der Waals surface area contributed by atoms with Crippen molar-refractivity contribution in [3.63, 3.8) is 0 Å². The van der Waals surface area contributed by atoms with Gasteiger partial charge in [-0.1, -0.05) is 77.1 Å². The second-order valence-corrected chi connectivity index (χ2v) is 9.88. The van der Waals surface area contributed by atoms with Crippen molar-refractivity contribution in [1.82, 2.24) is 4.90 Å². The van der Waals surface area contributed by atoms with E-state index in [4.69, 9.17) is 16.2 Å². The van der Waals surface area contributed by atoms with Crippen LogP contribution >= 0.6 is 0 Å². The molecule has 2 atom stereocenters. The molecule has 2 unspecified atom stereocenters. The van der Waals surface area contributed by atoms with Crippen molar-refractivity contribution in [3.8, 4) is 5.75 Å². The molecule has 5 nitrogen and oxygen atoms in total. The molecule has 0 spiro atoms. The van der Waals surface area contributed by atoms with Crippen LogP contribution in [0.15, 0.2) is 54.6 Å². The Morgan fingerprint density at radius 2 is 1.61 bits per heavy atom. The van der Waals surface area contributed by atoms with Crippen molar-refractivity contribution >= 4 is 6.03 Å².